The van der Waals surface area contributed by atoms with Crippen molar-refractivity contribution in [1.29, 1.82) is 0 Å². The van der Waals surface area contributed by atoms with E-state index in [0.29, 0.717) is 29.2 Å². The van der Waals surface area contributed by atoms with Crippen LogP contribution >= 0.6 is 11.6 Å². The molecule has 0 spiro atoms. The maximum Gasteiger partial charge on any atom is 0.260 e. The molecule has 0 saturated carbocycles. The molecule has 27 heavy (non-hydrogen) atoms. The minimum atomic E-state index is -0.167. The molecule has 4 rings (SSSR count). The van der Waals surface area contributed by atoms with Gasteiger partial charge in [-0.3, -0.25) is 4.79 Å². The minimum absolute atomic E-state index is 0.119. The standard InChI is InChI=1S/C19H19ClN6O/c1-13-21-8-6-17(24-13)26-18(27)7-9-23-19(26)25-11-10-22-16(12-25)14-2-4-15(20)5-3-14/h2-9,16,22H,10-12H2,1H3. The smallest absolute Gasteiger partial charge is 0.260 e. The van der Waals surface area contributed by atoms with Crippen molar-refractivity contribution >= 4 is 17.5 Å². The van der Waals surface area contributed by atoms with Crippen LogP contribution in [0.15, 0.2) is 53.6 Å². The Bertz CT molecular complexity index is 1000. The second kappa shape index (κ2) is 7.46. The van der Waals surface area contributed by atoms with Gasteiger partial charge in [-0.2, -0.15) is 0 Å². The summed E-state index contributed by atoms with van der Waals surface area (Å²) in [5, 5.41) is 4.22. The first-order chi connectivity index (χ1) is 13.1. The molecule has 0 aliphatic carbocycles. The van der Waals surface area contributed by atoms with Crippen molar-refractivity contribution in [3.05, 3.63) is 75.6 Å². The Kier molecular flexibility index (Phi) is 4.87. The summed E-state index contributed by atoms with van der Waals surface area (Å²) in [4.78, 5) is 27.7. The molecule has 1 unspecified atom stereocenters. The summed E-state index contributed by atoms with van der Waals surface area (Å²) < 4.78 is 1.54. The van der Waals surface area contributed by atoms with Gasteiger partial charge in [-0.05, 0) is 30.7 Å². The third kappa shape index (κ3) is 3.70. The van der Waals surface area contributed by atoms with E-state index in [2.05, 4.69) is 25.2 Å². The van der Waals surface area contributed by atoms with Gasteiger partial charge in [0.1, 0.15) is 11.6 Å². The first kappa shape index (κ1) is 17.6. The maximum absolute atomic E-state index is 12.6. The van der Waals surface area contributed by atoms with Gasteiger partial charge in [0.15, 0.2) is 0 Å². The zero-order valence-corrected chi connectivity index (χ0v) is 15.6. The molecule has 1 fully saturated rings. The number of piperazine rings is 1. The van der Waals surface area contributed by atoms with Crippen LogP contribution in [0.1, 0.15) is 17.4 Å². The molecular formula is C19H19ClN6O. The summed E-state index contributed by atoms with van der Waals surface area (Å²) in [6.07, 6.45) is 3.19. The third-order valence-corrected chi connectivity index (χ3v) is 4.80. The molecule has 1 aromatic carbocycles. The molecule has 3 aromatic rings. The molecule has 1 aliphatic heterocycles. The Hall–Kier alpha value is -2.77. The van der Waals surface area contributed by atoms with Gasteiger partial charge in [0.25, 0.3) is 5.56 Å². The van der Waals surface area contributed by atoms with Crippen LogP contribution < -0.4 is 15.8 Å². The highest BCUT2D eigenvalue weighted by Crippen LogP contribution is 2.23. The lowest BCUT2D eigenvalue weighted by Crippen LogP contribution is -2.47. The molecule has 7 nitrogen and oxygen atoms in total. The monoisotopic (exact) mass is 382 g/mol. The lowest BCUT2D eigenvalue weighted by Gasteiger charge is -2.35. The minimum Gasteiger partial charge on any atom is -0.339 e. The summed E-state index contributed by atoms with van der Waals surface area (Å²) in [6.45, 7) is 4.00. The zero-order valence-electron chi connectivity index (χ0n) is 14.8. The number of hydrogen-bond acceptors (Lipinski definition) is 6. The van der Waals surface area contributed by atoms with Crippen LogP contribution in [-0.2, 0) is 0 Å². The van der Waals surface area contributed by atoms with Crippen LogP contribution in [0, 0.1) is 6.92 Å². The first-order valence-corrected chi connectivity index (χ1v) is 9.11. The van der Waals surface area contributed by atoms with E-state index in [9.17, 15) is 4.79 Å². The van der Waals surface area contributed by atoms with E-state index in [1.54, 1.807) is 30.0 Å². The first-order valence-electron chi connectivity index (χ1n) is 8.74. The zero-order chi connectivity index (χ0) is 18.8. The topological polar surface area (TPSA) is 75.9 Å². The molecule has 1 saturated heterocycles. The highest BCUT2D eigenvalue weighted by molar-refractivity contribution is 6.30. The van der Waals surface area contributed by atoms with Gasteiger partial charge in [0.2, 0.25) is 5.95 Å². The van der Waals surface area contributed by atoms with Crippen molar-refractivity contribution in [1.82, 2.24) is 24.8 Å². The number of nitrogens with one attached hydrogen (secondary N) is 1. The largest absolute Gasteiger partial charge is 0.339 e. The fourth-order valence-electron chi connectivity index (χ4n) is 3.26. The van der Waals surface area contributed by atoms with Gasteiger partial charge in [-0.1, -0.05) is 23.7 Å². The molecule has 2 aromatic heterocycles. The van der Waals surface area contributed by atoms with Crippen molar-refractivity contribution in [2.45, 2.75) is 13.0 Å². The fourth-order valence-corrected chi connectivity index (χ4v) is 3.38. The maximum atomic E-state index is 12.6. The van der Waals surface area contributed by atoms with E-state index in [1.807, 2.05) is 24.3 Å². The molecule has 3 heterocycles. The Balaban J connectivity index is 1.70. The SMILES string of the molecule is Cc1nccc(-n2c(N3CCNC(c4ccc(Cl)cc4)C3)nccc2=O)n1. The summed E-state index contributed by atoms with van der Waals surface area (Å²) in [7, 11) is 0. The quantitative estimate of drug-likeness (QED) is 0.748. The average Bonchev–Trinajstić information content (AvgIpc) is 2.68. The van der Waals surface area contributed by atoms with Crippen LogP contribution in [0.5, 0.6) is 0 Å². The van der Waals surface area contributed by atoms with Crippen molar-refractivity contribution < 1.29 is 0 Å². The average molecular weight is 383 g/mol. The second-order valence-corrected chi connectivity index (χ2v) is 6.82. The van der Waals surface area contributed by atoms with E-state index in [4.69, 9.17) is 11.6 Å². The molecule has 8 heteroatoms. The van der Waals surface area contributed by atoms with Crippen LogP contribution in [0.4, 0.5) is 5.95 Å². The lowest BCUT2D eigenvalue weighted by molar-refractivity contribution is 0.464. The van der Waals surface area contributed by atoms with Crippen LogP contribution in [-0.4, -0.2) is 39.2 Å². The van der Waals surface area contributed by atoms with Gasteiger partial charge in [-0.15, -0.1) is 0 Å². The van der Waals surface area contributed by atoms with Gasteiger partial charge >= 0.3 is 0 Å². The number of aryl methyl sites for hydroxylation is 1. The molecule has 0 bridgehead atoms. The van der Waals surface area contributed by atoms with Gasteiger partial charge < -0.3 is 10.2 Å². The van der Waals surface area contributed by atoms with Crippen molar-refractivity contribution in [2.75, 3.05) is 24.5 Å². The lowest BCUT2D eigenvalue weighted by atomic mass is 10.0. The van der Waals surface area contributed by atoms with E-state index in [-0.39, 0.29) is 11.6 Å². The van der Waals surface area contributed by atoms with Crippen molar-refractivity contribution in [3.63, 3.8) is 0 Å². The van der Waals surface area contributed by atoms with Crippen molar-refractivity contribution in [2.24, 2.45) is 0 Å². The summed E-state index contributed by atoms with van der Waals surface area (Å²) >= 11 is 6.00. The number of rotatable bonds is 3. The van der Waals surface area contributed by atoms with Crippen LogP contribution in [0.2, 0.25) is 5.02 Å². The van der Waals surface area contributed by atoms with Crippen molar-refractivity contribution in [3.8, 4) is 5.82 Å². The molecular weight excluding hydrogens is 364 g/mol. The fraction of sp³-hybridized carbons (Fsp3) is 0.263. The van der Waals surface area contributed by atoms with Crippen LogP contribution in [0.25, 0.3) is 5.82 Å². The van der Waals surface area contributed by atoms with Gasteiger partial charge in [0.05, 0.1) is 0 Å². The Labute approximate surface area is 161 Å². The van der Waals surface area contributed by atoms with Gasteiger partial charge in [0, 0.05) is 49.2 Å². The van der Waals surface area contributed by atoms with E-state index >= 15 is 0 Å². The number of benzene rings is 1. The van der Waals surface area contributed by atoms with E-state index in [0.717, 1.165) is 18.7 Å². The summed E-state index contributed by atoms with van der Waals surface area (Å²) in [6, 6.07) is 11.1. The predicted molar refractivity (Wildman–Crippen MR) is 105 cm³/mol. The molecule has 0 amide bonds. The predicted octanol–water partition coefficient (Wildman–Crippen LogP) is 2.14. The number of nitrogens with zero attached hydrogens (tertiary/aromatic N) is 5. The van der Waals surface area contributed by atoms with E-state index in [1.165, 1.54) is 6.07 Å². The second-order valence-electron chi connectivity index (χ2n) is 6.38. The summed E-state index contributed by atoms with van der Waals surface area (Å²) in [5.41, 5.74) is 0.978. The third-order valence-electron chi connectivity index (χ3n) is 4.55. The summed E-state index contributed by atoms with van der Waals surface area (Å²) in [5.74, 6) is 1.71. The number of hydrogen-bond donors (Lipinski definition) is 1. The number of aromatic nitrogens is 4. The molecule has 1 aliphatic rings. The normalized spacial score (nSPS) is 17.1. The van der Waals surface area contributed by atoms with Crippen LogP contribution in [0.3, 0.4) is 0 Å². The number of anilines is 1. The highest BCUT2D eigenvalue weighted by Gasteiger charge is 2.24. The molecule has 1 N–H and O–H groups in total. The highest BCUT2D eigenvalue weighted by atomic mass is 35.5. The molecule has 1 atom stereocenters. The Morgan fingerprint density at radius 1 is 1.11 bits per heavy atom. The molecule has 0 radical (unpaired) electrons. The van der Waals surface area contributed by atoms with E-state index < -0.39 is 0 Å². The Morgan fingerprint density at radius 2 is 1.89 bits per heavy atom. The molecule has 138 valence electrons. The number of halogens is 1. The Morgan fingerprint density at radius 3 is 2.67 bits per heavy atom. The van der Waals surface area contributed by atoms with Gasteiger partial charge in [-0.25, -0.2) is 19.5 Å².